The van der Waals surface area contributed by atoms with Gasteiger partial charge in [0.2, 0.25) is 0 Å². The lowest BCUT2D eigenvalue weighted by Gasteiger charge is -2.17. The Bertz CT molecular complexity index is 5110. The molecular weight excluding hydrogens is 961 g/mol. The summed E-state index contributed by atoms with van der Waals surface area (Å²) in [6.07, 6.45) is 2.00. The van der Waals surface area contributed by atoms with Gasteiger partial charge in [-0.1, -0.05) is 269 Å². The Hall–Kier alpha value is -9.88. The van der Waals surface area contributed by atoms with Crippen molar-refractivity contribution in [2.75, 3.05) is 0 Å². The predicted octanol–water partition coefficient (Wildman–Crippen LogP) is 22.3. The molecule has 0 aliphatic heterocycles. The van der Waals surface area contributed by atoms with Crippen molar-refractivity contribution in [1.29, 1.82) is 0 Å². The van der Waals surface area contributed by atoms with Crippen LogP contribution in [0.4, 0.5) is 0 Å². The van der Waals surface area contributed by atoms with E-state index in [1.807, 2.05) is 13.8 Å². The van der Waals surface area contributed by atoms with Crippen LogP contribution in [-0.2, 0) is 12.8 Å². The van der Waals surface area contributed by atoms with Crippen molar-refractivity contribution in [1.82, 2.24) is 0 Å². The van der Waals surface area contributed by atoms with Crippen LogP contribution < -0.4 is 0 Å². The molecule has 0 saturated heterocycles. The van der Waals surface area contributed by atoms with Crippen LogP contribution >= 0.6 is 0 Å². The first-order chi connectivity index (χ1) is 39.7. The van der Waals surface area contributed by atoms with Gasteiger partial charge in [-0.15, -0.1) is 0 Å². The highest BCUT2D eigenvalue weighted by molar-refractivity contribution is 6.27. The summed E-state index contributed by atoms with van der Waals surface area (Å²) >= 11 is 0. The van der Waals surface area contributed by atoms with Crippen molar-refractivity contribution < 1.29 is 0 Å². The van der Waals surface area contributed by atoms with Crippen LogP contribution in [0, 0.1) is 0 Å². The maximum absolute atomic E-state index is 2.36. The number of hydrogen-bond acceptors (Lipinski definition) is 0. The van der Waals surface area contributed by atoms with Gasteiger partial charge in [-0.3, -0.25) is 0 Å². The molecule has 0 aromatic heterocycles. The molecule has 0 atom stereocenters. The molecule has 0 N–H and O–H groups in total. The van der Waals surface area contributed by atoms with Gasteiger partial charge in [0.15, 0.2) is 0 Å². The minimum atomic E-state index is 0.993. The fourth-order valence-corrected chi connectivity index (χ4v) is 14.1. The fraction of sp³-hybridized carbons (Fsp3) is 0.0500. The summed E-state index contributed by atoms with van der Waals surface area (Å²) in [7, 11) is 0. The molecule has 0 unspecified atom stereocenters. The first kappa shape index (κ1) is 46.2. The van der Waals surface area contributed by atoms with Gasteiger partial charge in [0.1, 0.15) is 0 Å². The normalized spacial score (nSPS) is 12.3. The molecule has 2 aliphatic carbocycles. The maximum Gasteiger partial charge on any atom is -0.000728 e. The summed E-state index contributed by atoms with van der Waals surface area (Å²) in [6.45, 7) is 4.00. The number of rotatable bonds is 4. The van der Waals surface area contributed by atoms with Gasteiger partial charge in [0.25, 0.3) is 0 Å². The molecule has 0 heteroatoms. The van der Waals surface area contributed by atoms with Gasteiger partial charge < -0.3 is 0 Å². The van der Waals surface area contributed by atoms with Crippen molar-refractivity contribution in [3.05, 3.63) is 289 Å². The molecule has 18 rings (SSSR count). The fourth-order valence-electron chi connectivity index (χ4n) is 14.1. The lowest BCUT2D eigenvalue weighted by molar-refractivity contribution is 1.26. The Morgan fingerprint density at radius 3 is 1.06 bits per heavy atom. The number of hydrogen-bond donors (Lipinski definition) is 0. The van der Waals surface area contributed by atoms with Crippen LogP contribution in [-0.4, -0.2) is 0 Å². The molecule has 0 spiro atoms. The Kier molecular flexibility index (Phi) is 10.6. The van der Waals surface area contributed by atoms with Crippen LogP contribution in [0.25, 0.3) is 153 Å². The van der Waals surface area contributed by atoms with E-state index in [1.165, 1.54) is 175 Å². The van der Waals surface area contributed by atoms with Crippen molar-refractivity contribution in [2.24, 2.45) is 0 Å². The Morgan fingerprint density at radius 2 is 0.525 bits per heavy atom. The van der Waals surface area contributed by atoms with E-state index >= 15 is 0 Å². The smallest absolute Gasteiger partial charge is 0.000728 e. The summed E-state index contributed by atoms with van der Waals surface area (Å²) in [5.74, 6) is 0. The quantitative estimate of drug-likeness (QED) is 0.154. The molecule has 0 fully saturated rings. The summed E-state index contributed by atoms with van der Waals surface area (Å²) in [4.78, 5) is 0. The third-order valence-corrected chi connectivity index (χ3v) is 17.7. The zero-order chi connectivity index (χ0) is 53.0. The molecule has 0 heterocycles. The van der Waals surface area contributed by atoms with E-state index in [0.29, 0.717) is 0 Å². The van der Waals surface area contributed by atoms with E-state index in [-0.39, 0.29) is 0 Å². The average molecular weight is 1020 g/mol. The standard InChI is InChI=1S/2C39H24.C2H6/c1-2-8-32-29(5-1)23-37-33(9-4-10-35(32)37)30-15-13-28-22-31(16-14-27(28)21-30)34-19-17-26-12-11-24-6-3-7-25-18-20-36(34)39(26)38(24)25;1-2-10-28-27(7-1)23-37-29(28)13-6-14-32(37)33-21-22-34(31-12-4-3-11-30(31)33)35-19-17-26-16-15-24-8-5-9-25-18-20-36(35)39(26)38(24)25;1-2/h2*1-22H,23H2;1-2H3. The van der Waals surface area contributed by atoms with Gasteiger partial charge in [0.05, 0.1) is 0 Å². The largest absolute Gasteiger partial charge is 0.0683 e. The second kappa shape index (κ2) is 18.4. The molecule has 0 saturated carbocycles. The molecule has 16 aromatic rings. The molecule has 80 heavy (non-hydrogen) atoms. The Balaban J connectivity index is 0.000000129. The molecule has 374 valence electrons. The van der Waals surface area contributed by atoms with E-state index in [2.05, 4.69) is 267 Å². The van der Waals surface area contributed by atoms with E-state index in [1.54, 1.807) is 0 Å². The number of benzene rings is 16. The highest BCUT2D eigenvalue weighted by Gasteiger charge is 2.24. The van der Waals surface area contributed by atoms with Crippen molar-refractivity contribution in [3.63, 3.8) is 0 Å². The van der Waals surface area contributed by atoms with Gasteiger partial charge in [-0.05, 0) is 200 Å². The van der Waals surface area contributed by atoms with Crippen LogP contribution in [0.1, 0.15) is 36.1 Å². The monoisotopic (exact) mass is 1010 g/mol. The second-order valence-electron chi connectivity index (χ2n) is 21.8. The van der Waals surface area contributed by atoms with Gasteiger partial charge >= 0.3 is 0 Å². The van der Waals surface area contributed by atoms with E-state index < -0.39 is 0 Å². The van der Waals surface area contributed by atoms with E-state index in [0.717, 1.165) is 12.8 Å². The third kappa shape index (κ3) is 7.09. The first-order valence-electron chi connectivity index (χ1n) is 28.5. The molecular formula is C80H54. The van der Waals surface area contributed by atoms with Gasteiger partial charge in [-0.25, -0.2) is 0 Å². The molecule has 16 aromatic carbocycles. The van der Waals surface area contributed by atoms with Crippen LogP contribution in [0.2, 0.25) is 0 Å². The molecule has 0 bridgehead atoms. The highest BCUT2D eigenvalue weighted by atomic mass is 14.3. The molecule has 0 amide bonds. The van der Waals surface area contributed by atoms with Crippen molar-refractivity contribution >= 4 is 86.2 Å². The lowest BCUT2D eigenvalue weighted by Crippen LogP contribution is -1.92. The van der Waals surface area contributed by atoms with Gasteiger partial charge in [-0.2, -0.15) is 0 Å². The Labute approximate surface area is 466 Å². The average Bonchev–Trinajstić information content (AvgIpc) is 4.20. The van der Waals surface area contributed by atoms with E-state index in [9.17, 15) is 0 Å². The first-order valence-corrected chi connectivity index (χ1v) is 28.5. The van der Waals surface area contributed by atoms with Crippen molar-refractivity contribution in [3.8, 4) is 66.8 Å². The molecule has 0 nitrogen and oxygen atoms in total. The van der Waals surface area contributed by atoms with Gasteiger partial charge in [0, 0.05) is 0 Å². The van der Waals surface area contributed by atoms with Crippen LogP contribution in [0.5, 0.6) is 0 Å². The predicted molar refractivity (Wildman–Crippen MR) is 345 cm³/mol. The van der Waals surface area contributed by atoms with Crippen LogP contribution in [0.3, 0.4) is 0 Å². The zero-order valence-electron chi connectivity index (χ0n) is 44.8. The van der Waals surface area contributed by atoms with Crippen molar-refractivity contribution in [2.45, 2.75) is 26.7 Å². The summed E-state index contributed by atoms with van der Waals surface area (Å²) in [5.41, 5.74) is 21.7. The SMILES string of the molecule is CC.c1ccc2c(c1)Cc1c(-c3ccc4cc(-c5ccc6ccc7cccc8ccc5c6c78)ccc4c3)cccc1-2.c1ccc2c(c1)Cc1c-2cccc1-c1ccc(-c2ccc3ccc4cccc5ccc2c3c45)c2ccccc12. The maximum atomic E-state index is 2.36. The highest BCUT2D eigenvalue weighted by Crippen LogP contribution is 2.48. The zero-order valence-corrected chi connectivity index (χ0v) is 44.8. The van der Waals surface area contributed by atoms with E-state index in [4.69, 9.17) is 0 Å². The van der Waals surface area contributed by atoms with Crippen LogP contribution in [0.15, 0.2) is 267 Å². The summed E-state index contributed by atoms with van der Waals surface area (Å²) in [6, 6.07) is 99.4. The minimum Gasteiger partial charge on any atom is -0.0683 e. The lowest BCUT2D eigenvalue weighted by atomic mass is 9.86. The second-order valence-corrected chi connectivity index (χ2v) is 21.8. The third-order valence-electron chi connectivity index (χ3n) is 17.7. The molecule has 2 aliphatic rings. The summed E-state index contributed by atoms with van der Waals surface area (Å²) < 4.78 is 0. The minimum absolute atomic E-state index is 0.993. The topological polar surface area (TPSA) is 0 Å². The summed E-state index contributed by atoms with van der Waals surface area (Å²) in [5, 5.41) is 21.2. The Morgan fingerprint density at radius 1 is 0.200 bits per heavy atom. The molecule has 0 radical (unpaired) electrons. The number of fused-ring (bicyclic) bond motifs is 8.